The minimum Gasteiger partial charge on any atom is -0.255 e. The van der Waals surface area contributed by atoms with Crippen molar-refractivity contribution in [3.8, 4) is 0 Å². The van der Waals surface area contributed by atoms with Crippen LogP contribution in [0.1, 0.15) is 11.1 Å². The third-order valence-corrected chi connectivity index (χ3v) is 4.20. The Morgan fingerprint density at radius 2 is 0.917 bits per heavy atom. The molecule has 4 heteroatoms. The molecule has 0 amide bonds. The molecule has 0 fully saturated rings. The molecule has 0 N–H and O–H groups in total. The minimum absolute atomic E-state index is 0.841. The monoisotopic (exact) mass is 348 g/mol. The third kappa shape index (κ3) is 4.16. The van der Waals surface area contributed by atoms with Gasteiger partial charge in [0.1, 0.15) is 0 Å². The van der Waals surface area contributed by atoms with Crippen molar-refractivity contribution < 1.29 is 0 Å². The summed E-state index contributed by atoms with van der Waals surface area (Å²) in [7, 11) is 0. The van der Waals surface area contributed by atoms with Crippen LogP contribution in [0.3, 0.4) is 0 Å². The molecule has 0 aliphatic rings. The number of hydrogen-bond donors (Lipinski definition) is 2. The average molecular weight is 348 g/mol. The van der Waals surface area contributed by atoms with E-state index in [1.54, 1.807) is 0 Å². The van der Waals surface area contributed by atoms with E-state index in [1.165, 1.54) is 0 Å². The van der Waals surface area contributed by atoms with Gasteiger partial charge in [-0.05, 0) is 24.3 Å². The summed E-state index contributed by atoms with van der Waals surface area (Å²) in [6.07, 6.45) is 3.67. The molecular formula is C20H16N2S2. The maximum Gasteiger partial charge on any atom is 0.0763 e. The van der Waals surface area contributed by atoms with Gasteiger partial charge in [-0.3, -0.25) is 9.98 Å². The molecule has 0 atom stereocenters. The van der Waals surface area contributed by atoms with Crippen LogP contribution in [0.5, 0.6) is 0 Å². The highest BCUT2D eigenvalue weighted by Gasteiger charge is 1.99. The first-order chi connectivity index (χ1) is 11.7. The summed E-state index contributed by atoms with van der Waals surface area (Å²) in [4.78, 5) is 10.8. The van der Waals surface area contributed by atoms with Gasteiger partial charge in [-0.25, -0.2) is 0 Å². The Morgan fingerprint density at radius 1 is 0.542 bits per heavy atom. The fourth-order valence-electron chi connectivity index (χ4n) is 2.17. The molecular weight excluding hydrogens is 332 g/mol. The van der Waals surface area contributed by atoms with Gasteiger partial charge in [0.2, 0.25) is 0 Å². The molecule has 0 saturated heterocycles. The van der Waals surface area contributed by atoms with E-state index in [0.717, 1.165) is 32.3 Å². The predicted octanol–water partition coefficient (Wildman–Crippen LogP) is 5.77. The van der Waals surface area contributed by atoms with Crippen LogP contribution < -0.4 is 0 Å². The molecule has 2 nitrogen and oxygen atoms in total. The molecule has 0 unspecified atom stereocenters. The van der Waals surface area contributed by atoms with Gasteiger partial charge in [0.05, 0.1) is 11.4 Å². The van der Waals surface area contributed by atoms with Crippen molar-refractivity contribution in [3.63, 3.8) is 0 Å². The molecule has 0 bridgehead atoms. The number of aliphatic imine (C=N–C) groups is 2. The van der Waals surface area contributed by atoms with Crippen molar-refractivity contribution in [1.82, 2.24) is 0 Å². The molecule has 0 radical (unpaired) electrons. The zero-order valence-corrected chi connectivity index (χ0v) is 14.7. The second-order valence-electron chi connectivity index (χ2n) is 5.12. The molecule has 118 valence electrons. The van der Waals surface area contributed by atoms with E-state index in [1.807, 2.05) is 85.2 Å². The lowest BCUT2D eigenvalue weighted by Gasteiger charge is -2.02. The average Bonchev–Trinajstić information content (AvgIpc) is 2.61. The summed E-state index contributed by atoms with van der Waals surface area (Å²) in [5.74, 6) is 0. The lowest BCUT2D eigenvalue weighted by atomic mass is 10.1. The van der Waals surface area contributed by atoms with Crippen molar-refractivity contribution in [3.05, 3.63) is 83.9 Å². The van der Waals surface area contributed by atoms with Gasteiger partial charge < -0.3 is 0 Å². The summed E-state index contributed by atoms with van der Waals surface area (Å²) < 4.78 is 0. The summed E-state index contributed by atoms with van der Waals surface area (Å²) in [5, 5.41) is 0. The molecule has 24 heavy (non-hydrogen) atoms. The lowest BCUT2D eigenvalue weighted by molar-refractivity contribution is 1.38. The Morgan fingerprint density at radius 3 is 1.33 bits per heavy atom. The predicted molar refractivity (Wildman–Crippen MR) is 108 cm³/mol. The molecule has 0 saturated carbocycles. The number of para-hydroxylation sites is 2. The van der Waals surface area contributed by atoms with Crippen molar-refractivity contribution in [2.24, 2.45) is 9.98 Å². The number of benzene rings is 3. The van der Waals surface area contributed by atoms with E-state index >= 15 is 0 Å². The van der Waals surface area contributed by atoms with Crippen LogP contribution in [0, 0.1) is 0 Å². The lowest BCUT2D eigenvalue weighted by Crippen LogP contribution is -1.90. The quantitative estimate of drug-likeness (QED) is 0.442. The summed E-state index contributed by atoms with van der Waals surface area (Å²) >= 11 is 8.84. The Bertz CT molecular complexity index is 827. The van der Waals surface area contributed by atoms with Crippen LogP contribution in [0.15, 0.2) is 92.6 Å². The highest BCUT2D eigenvalue weighted by atomic mass is 32.1. The van der Waals surface area contributed by atoms with Gasteiger partial charge >= 0.3 is 0 Å². The molecule has 0 heterocycles. The van der Waals surface area contributed by atoms with Crippen LogP contribution >= 0.6 is 25.3 Å². The normalized spacial score (nSPS) is 11.4. The van der Waals surface area contributed by atoms with E-state index in [4.69, 9.17) is 0 Å². The Hall–Kier alpha value is -2.30. The maximum atomic E-state index is 4.53. The van der Waals surface area contributed by atoms with E-state index < -0.39 is 0 Å². The van der Waals surface area contributed by atoms with Gasteiger partial charge in [-0.2, -0.15) is 0 Å². The number of nitrogens with zero attached hydrogens (tertiary/aromatic N) is 2. The van der Waals surface area contributed by atoms with Crippen molar-refractivity contribution >= 4 is 49.1 Å². The van der Waals surface area contributed by atoms with Crippen LogP contribution in [-0.4, -0.2) is 12.4 Å². The Labute approximate surface area is 152 Å². The molecule has 3 aromatic rings. The summed E-state index contributed by atoms with van der Waals surface area (Å²) in [6.45, 7) is 0. The van der Waals surface area contributed by atoms with Crippen molar-refractivity contribution in [2.45, 2.75) is 9.79 Å². The number of rotatable bonds is 4. The zero-order chi connectivity index (χ0) is 16.8. The van der Waals surface area contributed by atoms with Gasteiger partial charge in [0, 0.05) is 33.3 Å². The third-order valence-electron chi connectivity index (χ3n) is 3.44. The van der Waals surface area contributed by atoms with Gasteiger partial charge in [0.15, 0.2) is 0 Å². The minimum atomic E-state index is 0.841. The molecule has 0 aliphatic heterocycles. The largest absolute Gasteiger partial charge is 0.255 e. The highest BCUT2D eigenvalue weighted by molar-refractivity contribution is 7.80. The first-order valence-corrected chi connectivity index (χ1v) is 8.36. The fourth-order valence-corrected chi connectivity index (χ4v) is 2.61. The topological polar surface area (TPSA) is 24.7 Å². The first kappa shape index (κ1) is 16.6. The fraction of sp³-hybridized carbons (Fsp3) is 0. The van der Waals surface area contributed by atoms with Crippen LogP contribution in [0.25, 0.3) is 0 Å². The molecule has 0 aliphatic carbocycles. The zero-order valence-electron chi connectivity index (χ0n) is 12.9. The van der Waals surface area contributed by atoms with E-state index in [0.29, 0.717) is 0 Å². The standard InChI is InChI=1S/C20H16N2S2/c23-19-11-5-3-9-17(19)21-13-15-7-1-2-8-16(15)14-22-18-10-4-6-12-20(18)24/h1-14,23-24H. The Kier molecular flexibility index (Phi) is 5.51. The second-order valence-corrected chi connectivity index (χ2v) is 6.09. The highest BCUT2D eigenvalue weighted by Crippen LogP contribution is 2.23. The molecule has 0 aromatic heterocycles. The van der Waals surface area contributed by atoms with Crippen molar-refractivity contribution in [2.75, 3.05) is 0 Å². The number of thiol groups is 2. The molecule has 0 spiro atoms. The smallest absolute Gasteiger partial charge is 0.0763 e. The number of hydrogen-bond acceptors (Lipinski definition) is 4. The second kappa shape index (κ2) is 7.99. The first-order valence-electron chi connectivity index (χ1n) is 7.47. The summed E-state index contributed by atoms with van der Waals surface area (Å²) in [6, 6.07) is 23.5. The van der Waals surface area contributed by atoms with Crippen molar-refractivity contribution in [1.29, 1.82) is 0 Å². The van der Waals surface area contributed by atoms with Crippen LogP contribution in [-0.2, 0) is 0 Å². The van der Waals surface area contributed by atoms with E-state index in [9.17, 15) is 0 Å². The Balaban J connectivity index is 1.89. The van der Waals surface area contributed by atoms with E-state index in [-0.39, 0.29) is 0 Å². The molecule has 3 aromatic carbocycles. The maximum absolute atomic E-state index is 4.53. The van der Waals surface area contributed by atoms with Gasteiger partial charge in [0.25, 0.3) is 0 Å². The molecule has 3 rings (SSSR count). The summed E-state index contributed by atoms with van der Waals surface area (Å²) in [5.41, 5.74) is 3.67. The van der Waals surface area contributed by atoms with Crippen LogP contribution in [0.2, 0.25) is 0 Å². The van der Waals surface area contributed by atoms with Gasteiger partial charge in [-0.15, -0.1) is 25.3 Å². The van der Waals surface area contributed by atoms with Gasteiger partial charge in [-0.1, -0.05) is 48.5 Å². The van der Waals surface area contributed by atoms with Crippen LogP contribution in [0.4, 0.5) is 11.4 Å². The van der Waals surface area contributed by atoms with E-state index in [2.05, 4.69) is 35.2 Å². The SMILES string of the molecule is Sc1ccccc1N=Cc1ccccc1C=Nc1ccccc1S.